The summed E-state index contributed by atoms with van der Waals surface area (Å²) >= 11 is 1.60. The lowest BCUT2D eigenvalue weighted by Crippen LogP contribution is -2.41. The van der Waals surface area contributed by atoms with Gasteiger partial charge < -0.3 is 10.5 Å². The minimum Gasteiger partial charge on any atom is -0.381 e. The average Bonchev–Trinajstić information content (AvgIpc) is 3.14. The first-order valence-corrected chi connectivity index (χ1v) is 8.56. The Hall–Kier alpha value is -1.05. The minimum absolute atomic E-state index is 0.285. The monoisotopic (exact) mass is 307 g/mol. The summed E-state index contributed by atoms with van der Waals surface area (Å²) in [5, 5.41) is 14.4. The quantitative estimate of drug-likeness (QED) is 0.918. The Labute approximate surface area is 127 Å². The van der Waals surface area contributed by atoms with Crippen LogP contribution >= 0.6 is 11.3 Å². The summed E-state index contributed by atoms with van der Waals surface area (Å²) in [7, 11) is 0. The summed E-state index contributed by atoms with van der Waals surface area (Å²) in [5.41, 5.74) is 6.37. The summed E-state index contributed by atoms with van der Waals surface area (Å²) in [4.78, 5) is 0.856. The third-order valence-corrected chi connectivity index (χ3v) is 5.89. The van der Waals surface area contributed by atoms with Crippen LogP contribution in [0.1, 0.15) is 55.8 Å². The predicted octanol–water partition coefficient (Wildman–Crippen LogP) is 2.05. The van der Waals surface area contributed by atoms with Crippen molar-refractivity contribution in [3.63, 3.8) is 0 Å². The molecule has 114 valence electrons. The third kappa shape index (κ3) is 2.27. The van der Waals surface area contributed by atoms with Crippen molar-refractivity contribution in [2.75, 3.05) is 13.2 Å². The molecule has 2 fully saturated rings. The first-order chi connectivity index (χ1) is 10.2. The van der Waals surface area contributed by atoms with Crippen LogP contribution in [0.4, 0.5) is 0 Å². The maximum Gasteiger partial charge on any atom is 0.234 e. The number of hydrogen-bond acceptors (Lipinski definition) is 6. The molecule has 7 heteroatoms. The summed E-state index contributed by atoms with van der Waals surface area (Å²) in [6.45, 7) is 3.80. The molecule has 21 heavy (non-hydrogen) atoms. The fourth-order valence-electron chi connectivity index (χ4n) is 3.61. The molecule has 0 radical (unpaired) electrons. The lowest BCUT2D eigenvalue weighted by molar-refractivity contribution is 0.193. The zero-order valence-corrected chi connectivity index (χ0v) is 13.1. The van der Waals surface area contributed by atoms with Crippen LogP contribution in [-0.2, 0) is 10.3 Å². The van der Waals surface area contributed by atoms with Gasteiger partial charge in [0.25, 0.3) is 0 Å². The van der Waals surface area contributed by atoms with Crippen LogP contribution in [0, 0.1) is 5.92 Å². The number of rotatable bonds is 2. The van der Waals surface area contributed by atoms with Gasteiger partial charge in [0.15, 0.2) is 5.82 Å². The summed E-state index contributed by atoms with van der Waals surface area (Å²) in [6.07, 6.45) is 5.48. The van der Waals surface area contributed by atoms with E-state index in [1.807, 2.05) is 4.52 Å². The maximum absolute atomic E-state index is 6.66. The minimum atomic E-state index is -0.285. The van der Waals surface area contributed by atoms with Gasteiger partial charge in [-0.05, 0) is 25.2 Å². The highest BCUT2D eigenvalue weighted by Crippen LogP contribution is 2.39. The van der Waals surface area contributed by atoms with Crippen molar-refractivity contribution < 1.29 is 4.74 Å². The Morgan fingerprint density at radius 1 is 1.38 bits per heavy atom. The van der Waals surface area contributed by atoms with Crippen molar-refractivity contribution in [3.8, 4) is 0 Å². The van der Waals surface area contributed by atoms with E-state index < -0.39 is 0 Å². The SMILES string of the molecule is CC1CCCC(N)(c2nn3c(C4CCOC4)nnc3s2)C1. The number of hydrogen-bond donors (Lipinski definition) is 1. The maximum atomic E-state index is 6.66. The molecule has 0 spiro atoms. The molecule has 1 aliphatic heterocycles. The third-order valence-electron chi connectivity index (χ3n) is 4.77. The van der Waals surface area contributed by atoms with Crippen LogP contribution in [0.5, 0.6) is 0 Å². The topological polar surface area (TPSA) is 78.3 Å². The van der Waals surface area contributed by atoms with Gasteiger partial charge in [0.05, 0.1) is 12.1 Å². The zero-order valence-electron chi connectivity index (χ0n) is 12.3. The average molecular weight is 307 g/mol. The molecule has 3 atom stereocenters. The molecule has 2 aliphatic rings. The first kappa shape index (κ1) is 13.6. The number of aromatic nitrogens is 4. The lowest BCUT2D eigenvalue weighted by atomic mass is 9.77. The van der Waals surface area contributed by atoms with E-state index >= 15 is 0 Å². The predicted molar refractivity (Wildman–Crippen MR) is 80.3 cm³/mol. The molecule has 2 N–H and O–H groups in total. The van der Waals surface area contributed by atoms with Gasteiger partial charge in [0.2, 0.25) is 4.96 Å². The van der Waals surface area contributed by atoms with Crippen molar-refractivity contribution in [1.82, 2.24) is 19.8 Å². The molecule has 0 aromatic carbocycles. The second-order valence-corrected chi connectivity index (χ2v) is 7.53. The van der Waals surface area contributed by atoms with E-state index in [4.69, 9.17) is 15.6 Å². The van der Waals surface area contributed by atoms with E-state index in [9.17, 15) is 0 Å². The fraction of sp³-hybridized carbons (Fsp3) is 0.786. The molecule has 4 rings (SSSR count). The van der Waals surface area contributed by atoms with Crippen molar-refractivity contribution >= 4 is 16.3 Å². The number of fused-ring (bicyclic) bond motifs is 1. The van der Waals surface area contributed by atoms with Crippen LogP contribution in [0.3, 0.4) is 0 Å². The molecule has 1 aliphatic carbocycles. The molecule has 2 aromatic heterocycles. The van der Waals surface area contributed by atoms with Gasteiger partial charge in [-0.25, -0.2) is 0 Å². The molecule has 3 unspecified atom stereocenters. The first-order valence-electron chi connectivity index (χ1n) is 7.75. The van der Waals surface area contributed by atoms with Crippen LogP contribution in [0.25, 0.3) is 4.96 Å². The van der Waals surface area contributed by atoms with Gasteiger partial charge in [0, 0.05) is 12.5 Å². The molecule has 6 nitrogen and oxygen atoms in total. The fourth-order valence-corrected chi connectivity index (χ4v) is 4.60. The second kappa shape index (κ2) is 5.00. The van der Waals surface area contributed by atoms with E-state index in [2.05, 4.69) is 17.1 Å². The Balaban J connectivity index is 1.70. The highest BCUT2D eigenvalue weighted by atomic mass is 32.1. The van der Waals surface area contributed by atoms with Crippen molar-refractivity contribution in [3.05, 3.63) is 10.8 Å². The van der Waals surface area contributed by atoms with E-state index in [0.717, 1.165) is 48.3 Å². The van der Waals surface area contributed by atoms with Crippen LogP contribution in [0.2, 0.25) is 0 Å². The lowest BCUT2D eigenvalue weighted by Gasteiger charge is -2.34. The standard InChI is InChI=1S/C14H21N5OS/c1-9-3-2-5-14(15,7-9)12-18-19-11(10-4-6-20-8-10)16-17-13(19)21-12/h9-10H,2-8,15H2,1H3. The zero-order chi connectivity index (χ0) is 14.4. The Kier molecular flexibility index (Phi) is 3.24. The van der Waals surface area contributed by atoms with Crippen molar-refractivity contribution in [2.24, 2.45) is 11.7 Å². The van der Waals surface area contributed by atoms with Crippen molar-refractivity contribution in [1.29, 1.82) is 0 Å². The molecule has 0 bridgehead atoms. The van der Waals surface area contributed by atoms with Gasteiger partial charge in [-0.3, -0.25) is 0 Å². The van der Waals surface area contributed by atoms with Crippen LogP contribution in [0.15, 0.2) is 0 Å². The molecule has 0 amide bonds. The molecule has 3 heterocycles. The Bertz CT molecular complexity index is 647. The normalized spacial score (nSPS) is 33.8. The highest BCUT2D eigenvalue weighted by molar-refractivity contribution is 7.16. The van der Waals surface area contributed by atoms with Gasteiger partial charge in [-0.15, -0.1) is 10.2 Å². The van der Waals surface area contributed by atoms with Crippen LogP contribution < -0.4 is 5.73 Å². The van der Waals surface area contributed by atoms with E-state index in [1.54, 1.807) is 11.3 Å². The van der Waals surface area contributed by atoms with E-state index in [-0.39, 0.29) is 5.54 Å². The summed E-state index contributed by atoms with van der Waals surface area (Å²) in [6, 6.07) is 0. The number of ether oxygens (including phenoxy) is 1. The highest BCUT2D eigenvalue weighted by Gasteiger charge is 2.37. The van der Waals surface area contributed by atoms with Gasteiger partial charge >= 0.3 is 0 Å². The molecular weight excluding hydrogens is 286 g/mol. The molecule has 1 saturated carbocycles. The van der Waals surface area contributed by atoms with Crippen molar-refractivity contribution in [2.45, 2.75) is 50.5 Å². The largest absolute Gasteiger partial charge is 0.381 e. The number of nitrogens with two attached hydrogens (primary N) is 1. The van der Waals surface area contributed by atoms with Crippen LogP contribution in [-0.4, -0.2) is 33.0 Å². The van der Waals surface area contributed by atoms with Gasteiger partial charge in [0.1, 0.15) is 5.01 Å². The van der Waals surface area contributed by atoms with E-state index in [0.29, 0.717) is 11.8 Å². The molecular formula is C14H21N5OS. The molecule has 2 aromatic rings. The van der Waals surface area contributed by atoms with Gasteiger partial charge in [-0.2, -0.15) is 9.61 Å². The van der Waals surface area contributed by atoms with E-state index in [1.165, 1.54) is 12.8 Å². The Morgan fingerprint density at radius 3 is 3.05 bits per heavy atom. The summed E-state index contributed by atoms with van der Waals surface area (Å²) < 4.78 is 7.35. The number of nitrogens with zero attached hydrogens (tertiary/aromatic N) is 4. The Morgan fingerprint density at radius 2 is 2.29 bits per heavy atom. The second-order valence-electron chi connectivity index (χ2n) is 6.58. The smallest absolute Gasteiger partial charge is 0.234 e. The van der Waals surface area contributed by atoms with Gasteiger partial charge in [-0.1, -0.05) is 31.1 Å². The summed E-state index contributed by atoms with van der Waals surface area (Å²) in [5.74, 6) is 1.91. The molecule has 1 saturated heterocycles.